The third kappa shape index (κ3) is 2.01. The smallest absolute Gasteiger partial charge is 0.261 e. The van der Waals surface area contributed by atoms with Crippen LogP contribution in [0.1, 0.15) is 6.42 Å². The third-order valence-electron chi connectivity index (χ3n) is 2.41. The summed E-state index contributed by atoms with van der Waals surface area (Å²) < 4.78 is 2.44. The molecule has 0 atom stereocenters. The molecule has 1 heterocycles. The number of nitrogens with two attached hydrogens (primary N) is 1. The minimum absolute atomic E-state index is 0.0141. The van der Waals surface area contributed by atoms with Gasteiger partial charge in [0, 0.05) is 11.0 Å². The van der Waals surface area contributed by atoms with Gasteiger partial charge in [-0.1, -0.05) is 6.07 Å². The number of aromatic nitrogens is 2. The highest BCUT2D eigenvalue weighted by Crippen LogP contribution is 2.18. The maximum absolute atomic E-state index is 12.0. The zero-order valence-electron chi connectivity index (χ0n) is 8.69. The van der Waals surface area contributed by atoms with E-state index in [9.17, 15) is 4.79 Å². The number of para-hydroxylation sites is 1. The van der Waals surface area contributed by atoms with E-state index in [1.54, 1.807) is 17.0 Å². The molecule has 0 aliphatic carbocycles. The summed E-state index contributed by atoms with van der Waals surface area (Å²) in [5, 5.41) is 0.633. The molecule has 4 nitrogen and oxygen atoms in total. The highest BCUT2D eigenvalue weighted by Gasteiger charge is 2.05. The second-order valence-corrected chi connectivity index (χ2v) is 4.38. The maximum atomic E-state index is 12.0. The molecule has 0 amide bonds. The third-order valence-corrected chi connectivity index (χ3v) is 3.05. The van der Waals surface area contributed by atoms with Gasteiger partial charge in [0.25, 0.3) is 5.56 Å². The number of aryl methyl sites for hydroxylation is 1. The molecule has 0 aliphatic heterocycles. The number of hydrogen-bond acceptors (Lipinski definition) is 3. The van der Waals surface area contributed by atoms with Crippen molar-refractivity contribution in [1.29, 1.82) is 0 Å². The summed E-state index contributed by atoms with van der Waals surface area (Å²) >= 11 is 3.38. The van der Waals surface area contributed by atoms with Crippen LogP contribution in [0.2, 0.25) is 0 Å². The number of hydrogen-bond donors (Lipinski definition) is 1. The molecule has 0 aliphatic rings. The van der Waals surface area contributed by atoms with E-state index in [0.29, 0.717) is 24.0 Å². The molecule has 1 aromatic carbocycles. The van der Waals surface area contributed by atoms with Gasteiger partial charge in [-0.05, 0) is 41.0 Å². The first kappa shape index (κ1) is 11.3. The first-order valence-corrected chi connectivity index (χ1v) is 5.87. The normalized spacial score (nSPS) is 10.9. The molecule has 0 saturated heterocycles. The molecule has 0 fully saturated rings. The molecule has 0 saturated carbocycles. The molecule has 0 spiro atoms. The van der Waals surface area contributed by atoms with Crippen LogP contribution >= 0.6 is 15.9 Å². The van der Waals surface area contributed by atoms with Crippen LogP contribution in [0, 0.1) is 0 Å². The van der Waals surface area contributed by atoms with E-state index in [1.165, 1.54) is 0 Å². The lowest BCUT2D eigenvalue weighted by atomic mass is 10.2. The Morgan fingerprint density at radius 2 is 2.25 bits per heavy atom. The van der Waals surface area contributed by atoms with E-state index in [0.717, 1.165) is 10.9 Å². The van der Waals surface area contributed by atoms with E-state index in [4.69, 9.17) is 5.73 Å². The van der Waals surface area contributed by atoms with Crippen molar-refractivity contribution in [2.75, 3.05) is 6.54 Å². The van der Waals surface area contributed by atoms with Crippen LogP contribution < -0.4 is 11.3 Å². The molecule has 1 aromatic heterocycles. The number of halogens is 1. The lowest BCUT2D eigenvalue weighted by molar-refractivity contribution is 0.624. The van der Waals surface area contributed by atoms with Crippen LogP contribution in [-0.4, -0.2) is 16.1 Å². The standard InChI is InChI=1S/C11H12BrN3O/c12-9-4-1-3-8-10(9)14-7-15(11(8)16)6-2-5-13/h1,3-4,7H,2,5-6,13H2. The molecular weight excluding hydrogens is 270 g/mol. The van der Waals surface area contributed by atoms with Crippen LogP contribution in [0.4, 0.5) is 0 Å². The van der Waals surface area contributed by atoms with Crippen molar-refractivity contribution in [3.05, 3.63) is 39.4 Å². The second-order valence-electron chi connectivity index (χ2n) is 3.52. The van der Waals surface area contributed by atoms with Crippen LogP contribution in [0.3, 0.4) is 0 Å². The quantitative estimate of drug-likeness (QED) is 0.928. The fraction of sp³-hybridized carbons (Fsp3) is 0.273. The van der Waals surface area contributed by atoms with Gasteiger partial charge in [-0.15, -0.1) is 0 Å². The monoisotopic (exact) mass is 281 g/mol. The summed E-state index contributed by atoms with van der Waals surface area (Å²) in [6, 6.07) is 5.50. The van der Waals surface area contributed by atoms with Crippen molar-refractivity contribution in [3.8, 4) is 0 Å². The van der Waals surface area contributed by atoms with Crippen molar-refractivity contribution in [2.24, 2.45) is 5.73 Å². The topological polar surface area (TPSA) is 60.9 Å². The van der Waals surface area contributed by atoms with Crippen molar-refractivity contribution in [1.82, 2.24) is 9.55 Å². The Balaban J connectivity index is 2.57. The Morgan fingerprint density at radius 1 is 1.44 bits per heavy atom. The van der Waals surface area contributed by atoms with Gasteiger partial charge in [0.1, 0.15) is 0 Å². The van der Waals surface area contributed by atoms with E-state index >= 15 is 0 Å². The van der Waals surface area contributed by atoms with Crippen LogP contribution in [0.15, 0.2) is 33.8 Å². The highest BCUT2D eigenvalue weighted by molar-refractivity contribution is 9.10. The molecule has 0 radical (unpaired) electrons. The Kier molecular flexibility index (Phi) is 3.36. The highest BCUT2D eigenvalue weighted by atomic mass is 79.9. The number of rotatable bonds is 3. The Labute approximate surface area is 101 Å². The summed E-state index contributed by atoms with van der Waals surface area (Å²) in [7, 11) is 0. The van der Waals surface area contributed by atoms with E-state index < -0.39 is 0 Å². The van der Waals surface area contributed by atoms with Gasteiger partial charge < -0.3 is 5.73 Å². The summed E-state index contributed by atoms with van der Waals surface area (Å²) in [6.07, 6.45) is 2.35. The van der Waals surface area contributed by atoms with Gasteiger partial charge in [0.15, 0.2) is 0 Å². The predicted octanol–water partition coefficient (Wildman–Crippen LogP) is 1.51. The first-order valence-electron chi connectivity index (χ1n) is 5.08. The summed E-state index contributed by atoms with van der Waals surface area (Å²) in [4.78, 5) is 16.3. The minimum atomic E-state index is -0.0141. The zero-order chi connectivity index (χ0) is 11.5. The Bertz CT molecular complexity index is 565. The molecule has 2 N–H and O–H groups in total. The van der Waals surface area contributed by atoms with Crippen LogP contribution in [0.25, 0.3) is 10.9 Å². The largest absolute Gasteiger partial charge is 0.330 e. The van der Waals surface area contributed by atoms with Crippen molar-refractivity contribution < 1.29 is 0 Å². The van der Waals surface area contributed by atoms with Gasteiger partial charge in [0.2, 0.25) is 0 Å². The number of fused-ring (bicyclic) bond motifs is 1. The molecule has 2 rings (SSSR count). The van der Waals surface area contributed by atoms with E-state index in [2.05, 4.69) is 20.9 Å². The fourth-order valence-corrected chi connectivity index (χ4v) is 2.04. The molecule has 0 bridgehead atoms. The SMILES string of the molecule is NCCCn1cnc2c(Br)cccc2c1=O. The van der Waals surface area contributed by atoms with Crippen LogP contribution in [0.5, 0.6) is 0 Å². The second kappa shape index (κ2) is 4.76. The maximum Gasteiger partial charge on any atom is 0.261 e. The van der Waals surface area contributed by atoms with E-state index in [1.807, 2.05) is 12.1 Å². The summed E-state index contributed by atoms with van der Waals surface area (Å²) in [6.45, 7) is 1.19. The lowest BCUT2D eigenvalue weighted by Crippen LogP contribution is -2.22. The summed E-state index contributed by atoms with van der Waals surface area (Å²) in [5.74, 6) is 0. The lowest BCUT2D eigenvalue weighted by Gasteiger charge is -2.06. The predicted molar refractivity (Wildman–Crippen MR) is 67.4 cm³/mol. The first-order chi connectivity index (χ1) is 7.74. The molecular formula is C11H12BrN3O. The Hall–Kier alpha value is -1.20. The van der Waals surface area contributed by atoms with Gasteiger partial charge in [-0.3, -0.25) is 9.36 Å². The molecule has 16 heavy (non-hydrogen) atoms. The summed E-state index contributed by atoms with van der Waals surface area (Å²) in [5.41, 5.74) is 6.11. The number of benzene rings is 1. The fourth-order valence-electron chi connectivity index (χ4n) is 1.57. The van der Waals surface area contributed by atoms with Gasteiger partial charge in [-0.2, -0.15) is 0 Å². The van der Waals surface area contributed by atoms with Crippen LogP contribution in [-0.2, 0) is 6.54 Å². The molecule has 5 heteroatoms. The molecule has 0 unspecified atom stereocenters. The minimum Gasteiger partial charge on any atom is -0.330 e. The molecule has 84 valence electrons. The van der Waals surface area contributed by atoms with E-state index in [-0.39, 0.29) is 5.56 Å². The molecule has 2 aromatic rings. The van der Waals surface area contributed by atoms with Gasteiger partial charge >= 0.3 is 0 Å². The average Bonchev–Trinajstić information content (AvgIpc) is 2.29. The van der Waals surface area contributed by atoms with Gasteiger partial charge in [-0.25, -0.2) is 4.98 Å². The van der Waals surface area contributed by atoms with Crippen molar-refractivity contribution in [2.45, 2.75) is 13.0 Å². The zero-order valence-corrected chi connectivity index (χ0v) is 10.3. The van der Waals surface area contributed by atoms with Crippen molar-refractivity contribution in [3.63, 3.8) is 0 Å². The number of nitrogens with zero attached hydrogens (tertiary/aromatic N) is 2. The Morgan fingerprint density at radius 3 is 3.00 bits per heavy atom. The van der Waals surface area contributed by atoms with Gasteiger partial charge in [0.05, 0.1) is 17.2 Å². The average molecular weight is 282 g/mol. The van der Waals surface area contributed by atoms with Crippen molar-refractivity contribution >= 4 is 26.8 Å².